The number of carbonyl (C=O) groups excluding carboxylic acids is 1. The van der Waals surface area contributed by atoms with E-state index >= 15 is 0 Å². The first-order valence-corrected chi connectivity index (χ1v) is 8.35. The third kappa shape index (κ3) is 2.01. The Kier molecular flexibility index (Phi) is 3.14. The zero-order chi connectivity index (χ0) is 15.3. The maximum absolute atomic E-state index is 12.8. The van der Waals surface area contributed by atoms with Crippen molar-refractivity contribution in [2.75, 3.05) is 6.54 Å². The monoisotopic (exact) mass is 316 g/mol. The van der Waals surface area contributed by atoms with Gasteiger partial charge in [0, 0.05) is 18.1 Å². The van der Waals surface area contributed by atoms with Gasteiger partial charge in [0.05, 0.1) is 4.88 Å². The van der Waals surface area contributed by atoms with E-state index < -0.39 is 12.0 Å². The van der Waals surface area contributed by atoms with Crippen LogP contribution in [-0.2, 0) is 4.79 Å². The maximum Gasteiger partial charge on any atom is 0.326 e. The van der Waals surface area contributed by atoms with Crippen LogP contribution in [0.25, 0.3) is 10.2 Å². The molecule has 2 fully saturated rings. The number of rotatable bonds is 2. The molecule has 1 N–H and O–H groups in total. The Bertz CT molecular complexity index is 724. The average Bonchev–Trinajstić information content (AvgIpc) is 3.18. The highest BCUT2D eigenvalue weighted by Crippen LogP contribution is 2.43. The van der Waals surface area contributed by atoms with Crippen LogP contribution in [0.4, 0.5) is 0 Å². The van der Waals surface area contributed by atoms with Crippen LogP contribution in [-0.4, -0.2) is 39.5 Å². The van der Waals surface area contributed by atoms with E-state index in [4.69, 9.17) is 0 Å². The van der Waals surface area contributed by atoms with Gasteiger partial charge in [-0.15, -0.1) is 11.3 Å². The molecule has 3 heterocycles. The van der Waals surface area contributed by atoms with Gasteiger partial charge in [0.1, 0.15) is 10.9 Å². The predicted octanol–water partition coefficient (Wildman–Crippen LogP) is 2.62. The molecule has 2 aromatic rings. The molecule has 1 saturated heterocycles. The van der Waals surface area contributed by atoms with Crippen molar-refractivity contribution in [3.63, 3.8) is 0 Å². The lowest BCUT2D eigenvalue weighted by Gasteiger charge is -2.23. The second-order valence-corrected chi connectivity index (χ2v) is 7.13. The van der Waals surface area contributed by atoms with Gasteiger partial charge in [-0.2, -0.15) is 0 Å². The Morgan fingerprint density at radius 1 is 1.36 bits per heavy atom. The number of thiophene rings is 1. The van der Waals surface area contributed by atoms with Gasteiger partial charge >= 0.3 is 5.97 Å². The fraction of sp³-hybridized carbons (Fsp3) is 0.438. The Morgan fingerprint density at radius 3 is 3.00 bits per heavy atom. The van der Waals surface area contributed by atoms with Gasteiger partial charge in [0.25, 0.3) is 5.91 Å². The van der Waals surface area contributed by atoms with Gasteiger partial charge in [-0.3, -0.25) is 4.79 Å². The van der Waals surface area contributed by atoms with E-state index in [1.54, 1.807) is 11.1 Å². The first-order chi connectivity index (χ1) is 10.6. The summed E-state index contributed by atoms with van der Waals surface area (Å²) >= 11 is 1.34. The lowest BCUT2D eigenvalue weighted by Crippen LogP contribution is -2.43. The van der Waals surface area contributed by atoms with Crippen molar-refractivity contribution in [3.8, 4) is 0 Å². The molecule has 114 valence electrons. The number of carbonyl (C=O) groups is 2. The summed E-state index contributed by atoms with van der Waals surface area (Å²) in [5, 5.41) is 10.5. The van der Waals surface area contributed by atoms with E-state index in [0.717, 1.165) is 29.5 Å². The molecule has 3 atom stereocenters. The van der Waals surface area contributed by atoms with Crippen LogP contribution in [0, 0.1) is 11.8 Å². The fourth-order valence-corrected chi connectivity index (χ4v) is 4.91. The normalized spacial score (nSPS) is 27.3. The number of aliphatic carboxylic acids is 1. The summed E-state index contributed by atoms with van der Waals surface area (Å²) in [6.07, 6.45) is 4.73. The summed E-state index contributed by atoms with van der Waals surface area (Å²) < 4.78 is 0. The van der Waals surface area contributed by atoms with Crippen molar-refractivity contribution in [2.45, 2.75) is 25.3 Å². The summed E-state index contributed by atoms with van der Waals surface area (Å²) in [4.78, 5) is 31.7. The molecule has 6 heteroatoms. The Balaban J connectivity index is 1.68. The topological polar surface area (TPSA) is 70.5 Å². The Hall–Kier alpha value is -1.95. The lowest BCUT2D eigenvalue weighted by molar-refractivity contribution is -0.142. The molecule has 22 heavy (non-hydrogen) atoms. The highest BCUT2D eigenvalue weighted by molar-refractivity contribution is 7.20. The minimum atomic E-state index is -0.873. The molecule has 5 nitrogen and oxygen atoms in total. The molecule has 2 aromatic heterocycles. The minimum absolute atomic E-state index is 0.119. The summed E-state index contributed by atoms with van der Waals surface area (Å²) in [6, 6.07) is 4.91. The zero-order valence-electron chi connectivity index (χ0n) is 11.9. The standard InChI is InChI=1S/C16H16N2O3S/c19-15(12-7-9-4-2-6-17-14(9)22-12)18-8-10-3-1-5-11(10)13(18)16(20)21/h2,4,6-7,10-11,13H,1,3,5,8H2,(H,20,21)/t10-,11-,13+/m1/s1. The van der Waals surface area contributed by atoms with Crippen molar-refractivity contribution in [2.24, 2.45) is 11.8 Å². The maximum atomic E-state index is 12.8. The summed E-state index contributed by atoms with van der Waals surface area (Å²) in [7, 11) is 0. The molecule has 0 aromatic carbocycles. The van der Waals surface area contributed by atoms with E-state index in [9.17, 15) is 14.7 Å². The average molecular weight is 316 g/mol. The molecular formula is C16H16N2O3S. The largest absolute Gasteiger partial charge is 0.480 e. The number of hydrogen-bond donors (Lipinski definition) is 1. The number of carboxylic acid groups (broad SMARTS) is 1. The van der Waals surface area contributed by atoms with Gasteiger partial charge in [0.15, 0.2) is 0 Å². The molecule has 0 unspecified atom stereocenters. The van der Waals surface area contributed by atoms with Crippen LogP contribution in [0.3, 0.4) is 0 Å². The van der Waals surface area contributed by atoms with Gasteiger partial charge < -0.3 is 10.0 Å². The van der Waals surface area contributed by atoms with Crippen molar-refractivity contribution in [3.05, 3.63) is 29.3 Å². The molecule has 1 amide bonds. The summed E-state index contributed by atoms with van der Waals surface area (Å²) in [5.41, 5.74) is 0. The number of aromatic nitrogens is 1. The van der Waals surface area contributed by atoms with Crippen LogP contribution in [0.2, 0.25) is 0 Å². The van der Waals surface area contributed by atoms with E-state index in [1.165, 1.54) is 11.3 Å². The molecule has 1 aliphatic heterocycles. The van der Waals surface area contributed by atoms with Gasteiger partial charge in [0.2, 0.25) is 0 Å². The van der Waals surface area contributed by atoms with Gasteiger partial charge in [-0.25, -0.2) is 9.78 Å². The number of nitrogens with zero attached hydrogens (tertiary/aromatic N) is 2. The number of likely N-dealkylation sites (tertiary alicyclic amines) is 1. The molecule has 0 spiro atoms. The molecule has 1 aliphatic carbocycles. The van der Waals surface area contributed by atoms with Crippen LogP contribution in [0.15, 0.2) is 24.4 Å². The molecular weight excluding hydrogens is 300 g/mol. The third-order valence-electron chi connectivity index (χ3n) is 4.91. The van der Waals surface area contributed by atoms with Gasteiger partial charge in [-0.05, 0) is 36.8 Å². The first-order valence-electron chi connectivity index (χ1n) is 7.53. The first kappa shape index (κ1) is 13.7. The highest BCUT2D eigenvalue weighted by Gasteiger charge is 2.49. The van der Waals surface area contributed by atoms with Crippen LogP contribution in [0.5, 0.6) is 0 Å². The second-order valence-electron chi connectivity index (χ2n) is 6.10. The molecule has 1 saturated carbocycles. The van der Waals surface area contributed by atoms with Crippen molar-refractivity contribution < 1.29 is 14.7 Å². The summed E-state index contributed by atoms with van der Waals surface area (Å²) in [5.74, 6) is -0.571. The molecule has 0 radical (unpaired) electrons. The van der Waals surface area contributed by atoms with Crippen LogP contribution in [0.1, 0.15) is 28.9 Å². The lowest BCUT2D eigenvalue weighted by atomic mass is 9.94. The quantitative estimate of drug-likeness (QED) is 0.924. The number of hydrogen-bond acceptors (Lipinski definition) is 4. The van der Waals surface area contributed by atoms with E-state index in [-0.39, 0.29) is 11.8 Å². The second kappa shape index (κ2) is 5.05. The fourth-order valence-electron chi connectivity index (χ4n) is 3.95. The van der Waals surface area contributed by atoms with Crippen molar-refractivity contribution in [1.29, 1.82) is 0 Å². The SMILES string of the molecule is O=C(O)[C@@H]1[C@@H]2CCC[C@@H]2CN1C(=O)c1cc2cccnc2s1. The number of fused-ring (bicyclic) bond motifs is 2. The number of pyridine rings is 1. The Morgan fingerprint density at radius 2 is 2.23 bits per heavy atom. The number of amides is 1. The minimum Gasteiger partial charge on any atom is -0.480 e. The van der Waals surface area contributed by atoms with E-state index in [0.29, 0.717) is 17.3 Å². The zero-order valence-corrected chi connectivity index (χ0v) is 12.8. The molecule has 4 rings (SSSR count). The summed E-state index contributed by atoms with van der Waals surface area (Å²) in [6.45, 7) is 0.572. The third-order valence-corrected chi connectivity index (χ3v) is 5.96. The van der Waals surface area contributed by atoms with Crippen LogP contribution >= 0.6 is 11.3 Å². The smallest absolute Gasteiger partial charge is 0.326 e. The number of carboxylic acids is 1. The van der Waals surface area contributed by atoms with Crippen molar-refractivity contribution >= 4 is 33.4 Å². The van der Waals surface area contributed by atoms with Crippen LogP contribution < -0.4 is 0 Å². The predicted molar refractivity (Wildman–Crippen MR) is 82.9 cm³/mol. The van der Waals surface area contributed by atoms with Crippen molar-refractivity contribution in [1.82, 2.24) is 9.88 Å². The Labute approximate surface area is 131 Å². The molecule has 2 aliphatic rings. The van der Waals surface area contributed by atoms with E-state index in [1.807, 2.05) is 18.2 Å². The van der Waals surface area contributed by atoms with Gasteiger partial charge in [-0.1, -0.05) is 12.5 Å². The highest BCUT2D eigenvalue weighted by atomic mass is 32.1. The van der Waals surface area contributed by atoms with E-state index in [2.05, 4.69) is 4.98 Å². The molecule has 0 bridgehead atoms.